The summed E-state index contributed by atoms with van der Waals surface area (Å²) in [5.41, 5.74) is 6.23. The summed E-state index contributed by atoms with van der Waals surface area (Å²) in [6.45, 7) is 0.702. The summed E-state index contributed by atoms with van der Waals surface area (Å²) in [7, 11) is 0. The molecular formula is C12H15BrN2O2. The lowest BCUT2D eigenvalue weighted by atomic mass is 9.86. The number of ether oxygens (including phenoxy) is 1. The molecule has 1 fully saturated rings. The minimum Gasteiger partial charge on any atom is -0.493 e. The molecule has 5 heteroatoms. The Balaban J connectivity index is 2.13. The van der Waals surface area contributed by atoms with E-state index in [1.165, 1.54) is 19.3 Å². The SMILES string of the molecule is N/C(=N/O)c1cc(Br)ccc1OCC1CCC1. The van der Waals surface area contributed by atoms with Crippen molar-refractivity contribution in [2.75, 3.05) is 6.61 Å². The van der Waals surface area contributed by atoms with Crippen LogP contribution in [-0.4, -0.2) is 17.6 Å². The number of amidine groups is 1. The molecule has 0 bridgehead atoms. The van der Waals surface area contributed by atoms with Crippen molar-refractivity contribution in [2.24, 2.45) is 16.8 Å². The van der Waals surface area contributed by atoms with Crippen molar-refractivity contribution in [1.82, 2.24) is 0 Å². The highest BCUT2D eigenvalue weighted by Crippen LogP contribution is 2.29. The standard InChI is InChI=1S/C12H15BrN2O2/c13-9-4-5-11(10(6-9)12(14)15-16)17-7-8-2-1-3-8/h4-6,8,16H,1-3,7H2,(H2,14,15). The molecule has 1 aliphatic rings. The zero-order valence-corrected chi connectivity index (χ0v) is 11.0. The lowest BCUT2D eigenvalue weighted by Crippen LogP contribution is -2.21. The normalized spacial score (nSPS) is 16.6. The second-order valence-electron chi connectivity index (χ2n) is 4.23. The Hall–Kier alpha value is -1.23. The largest absolute Gasteiger partial charge is 0.493 e. The molecule has 17 heavy (non-hydrogen) atoms. The molecule has 0 atom stereocenters. The summed E-state index contributed by atoms with van der Waals surface area (Å²) in [6.07, 6.45) is 3.76. The van der Waals surface area contributed by atoms with Gasteiger partial charge in [0.15, 0.2) is 5.84 Å². The fourth-order valence-corrected chi connectivity index (χ4v) is 2.11. The van der Waals surface area contributed by atoms with Crippen LogP contribution in [0.25, 0.3) is 0 Å². The first-order chi connectivity index (χ1) is 8.20. The lowest BCUT2D eigenvalue weighted by molar-refractivity contribution is 0.180. The Kier molecular flexibility index (Phi) is 3.89. The summed E-state index contributed by atoms with van der Waals surface area (Å²) in [4.78, 5) is 0. The van der Waals surface area contributed by atoms with Crippen LogP contribution < -0.4 is 10.5 Å². The molecule has 0 radical (unpaired) electrons. The average molecular weight is 299 g/mol. The van der Waals surface area contributed by atoms with Gasteiger partial charge in [-0.25, -0.2) is 0 Å². The number of rotatable bonds is 4. The van der Waals surface area contributed by atoms with E-state index in [4.69, 9.17) is 15.7 Å². The van der Waals surface area contributed by atoms with Gasteiger partial charge in [-0.05, 0) is 37.0 Å². The van der Waals surface area contributed by atoms with E-state index in [0.717, 1.165) is 4.47 Å². The quantitative estimate of drug-likeness (QED) is 0.389. The van der Waals surface area contributed by atoms with Crippen molar-refractivity contribution in [3.05, 3.63) is 28.2 Å². The Bertz CT molecular complexity index is 431. The number of hydrogen-bond donors (Lipinski definition) is 2. The maximum atomic E-state index is 8.73. The molecule has 1 aromatic carbocycles. The van der Waals surface area contributed by atoms with Gasteiger partial charge in [-0.1, -0.05) is 27.5 Å². The van der Waals surface area contributed by atoms with Crippen LogP contribution in [0.1, 0.15) is 24.8 Å². The first-order valence-corrected chi connectivity index (χ1v) is 6.40. The third-order valence-corrected chi connectivity index (χ3v) is 3.52. The molecule has 0 unspecified atom stereocenters. The average Bonchev–Trinajstić information content (AvgIpc) is 2.27. The zero-order valence-electron chi connectivity index (χ0n) is 9.40. The van der Waals surface area contributed by atoms with Crippen molar-refractivity contribution in [2.45, 2.75) is 19.3 Å². The lowest BCUT2D eigenvalue weighted by Gasteiger charge is -2.25. The van der Waals surface area contributed by atoms with E-state index in [2.05, 4.69) is 21.1 Å². The second-order valence-corrected chi connectivity index (χ2v) is 5.15. The van der Waals surface area contributed by atoms with Crippen LogP contribution in [-0.2, 0) is 0 Å². The minimum atomic E-state index is 0.0647. The molecule has 92 valence electrons. The molecule has 0 aromatic heterocycles. The summed E-state index contributed by atoms with van der Waals surface area (Å²) in [5.74, 6) is 1.38. The predicted molar refractivity (Wildman–Crippen MR) is 69.5 cm³/mol. The van der Waals surface area contributed by atoms with E-state index in [-0.39, 0.29) is 5.84 Å². The Labute approximate surface area is 109 Å². The Morgan fingerprint density at radius 1 is 1.53 bits per heavy atom. The molecule has 1 aromatic rings. The van der Waals surface area contributed by atoms with Crippen LogP contribution in [0.3, 0.4) is 0 Å². The number of halogens is 1. The summed E-state index contributed by atoms with van der Waals surface area (Å²) < 4.78 is 6.60. The van der Waals surface area contributed by atoms with E-state index < -0.39 is 0 Å². The molecule has 0 amide bonds. The number of nitrogens with two attached hydrogens (primary N) is 1. The zero-order chi connectivity index (χ0) is 12.3. The van der Waals surface area contributed by atoms with Crippen LogP contribution >= 0.6 is 15.9 Å². The minimum absolute atomic E-state index is 0.0647. The molecule has 0 aliphatic heterocycles. The molecular weight excluding hydrogens is 284 g/mol. The van der Waals surface area contributed by atoms with Gasteiger partial charge in [-0.2, -0.15) is 0 Å². The van der Waals surface area contributed by atoms with Crippen molar-refractivity contribution in [3.8, 4) is 5.75 Å². The van der Waals surface area contributed by atoms with Gasteiger partial charge >= 0.3 is 0 Å². The highest BCUT2D eigenvalue weighted by molar-refractivity contribution is 9.10. The smallest absolute Gasteiger partial charge is 0.173 e. The van der Waals surface area contributed by atoms with Crippen LogP contribution in [0, 0.1) is 5.92 Å². The van der Waals surface area contributed by atoms with Gasteiger partial charge in [0.1, 0.15) is 5.75 Å². The molecule has 0 saturated heterocycles. The molecule has 0 heterocycles. The topological polar surface area (TPSA) is 67.8 Å². The molecule has 0 spiro atoms. The summed E-state index contributed by atoms with van der Waals surface area (Å²) >= 11 is 3.35. The highest BCUT2D eigenvalue weighted by Gasteiger charge is 2.19. The predicted octanol–water partition coefficient (Wildman–Crippen LogP) is 2.72. The number of hydrogen-bond acceptors (Lipinski definition) is 3. The van der Waals surface area contributed by atoms with Gasteiger partial charge in [0.25, 0.3) is 0 Å². The molecule has 1 saturated carbocycles. The van der Waals surface area contributed by atoms with E-state index >= 15 is 0 Å². The Morgan fingerprint density at radius 2 is 2.29 bits per heavy atom. The fraction of sp³-hybridized carbons (Fsp3) is 0.417. The fourth-order valence-electron chi connectivity index (χ4n) is 1.75. The van der Waals surface area contributed by atoms with Gasteiger partial charge in [0, 0.05) is 4.47 Å². The summed E-state index contributed by atoms with van der Waals surface area (Å²) in [6, 6.07) is 5.49. The van der Waals surface area contributed by atoms with Gasteiger partial charge in [-0.15, -0.1) is 0 Å². The van der Waals surface area contributed by atoms with Crippen molar-refractivity contribution >= 4 is 21.8 Å². The number of nitrogens with zero attached hydrogens (tertiary/aromatic N) is 1. The summed E-state index contributed by atoms with van der Waals surface area (Å²) in [5, 5.41) is 11.7. The molecule has 4 nitrogen and oxygen atoms in total. The van der Waals surface area contributed by atoms with Crippen LogP contribution in [0.4, 0.5) is 0 Å². The maximum absolute atomic E-state index is 8.73. The first-order valence-electron chi connectivity index (χ1n) is 5.61. The van der Waals surface area contributed by atoms with Crippen molar-refractivity contribution in [1.29, 1.82) is 0 Å². The van der Waals surface area contributed by atoms with Gasteiger partial charge in [0.05, 0.1) is 12.2 Å². The number of benzene rings is 1. The Morgan fingerprint density at radius 3 is 2.88 bits per heavy atom. The first kappa shape index (κ1) is 12.2. The third kappa shape index (κ3) is 2.91. The molecule has 3 N–H and O–H groups in total. The molecule has 1 aliphatic carbocycles. The maximum Gasteiger partial charge on any atom is 0.173 e. The highest BCUT2D eigenvalue weighted by atomic mass is 79.9. The van der Waals surface area contributed by atoms with Crippen LogP contribution in [0.15, 0.2) is 27.8 Å². The van der Waals surface area contributed by atoms with Crippen molar-refractivity contribution in [3.63, 3.8) is 0 Å². The third-order valence-electron chi connectivity index (χ3n) is 3.02. The number of oxime groups is 1. The van der Waals surface area contributed by atoms with Crippen LogP contribution in [0.2, 0.25) is 0 Å². The molecule has 2 rings (SSSR count). The van der Waals surface area contributed by atoms with E-state index in [0.29, 0.717) is 23.8 Å². The second kappa shape index (κ2) is 5.40. The monoisotopic (exact) mass is 298 g/mol. The van der Waals surface area contributed by atoms with E-state index in [1.807, 2.05) is 12.1 Å². The van der Waals surface area contributed by atoms with E-state index in [1.54, 1.807) is 6.07 Å². The van der Waals surface area contributed by atoms with Crippen molar-refractivity contribution < 1.29 is 9.94 Å². The van der Waals surface area contributed by atoms with Crippen LogP contribution in [0.5, 0.6) is 5.75 Å². The van der Waals surface area contributed by atoms with Gasteiger partial charge in [0.2, 0.25) is 0 Å². The van der Waals surface area contributed by atoms with E-state index in [9.17, 15) is 0 Å². The van der Waals surface area contributed by atoms with Gasteiger partial charge in [-0.3, -0.25) is 0 Å². The van der Waals surface area contributed by atoms with Gasteiger partial charge < -0.3 is 15.7 Å².